The summed E-state index contributed by atoms with van der Waals surface area (Å²) in [6.07, 6.45) is 5.73. The van der Waals surface area contributed by atoms with Crippen LogP contribution < -0.4 is 10.2 Å². The monoisotopic (exact) mass is 1140 g/mol. The van der Waals surface area contributed by atoms with Gasteiger partial charge < -0.3 is 15.0 Å². The van der Waals surface area contributed by atoms with Crippen molar-refractivity contribution in [3.63, 3.8) is 0 Å². The van der Waals surface area contributed by atoms with Crippen molar-refractivity contribution < 1.29 is 31.7 Å². The van der Waals surface area contributed by atoms with Crippen molar-refractivity contribution in [3.05, 3.63) is 261 Å². The third-order valence-corrected chi connectivity index (χ3v) is 15.1. The molecule has 1 aliphatic carbocycles. The zero-order chi connectivity index (χ0) is 61.4. The Morgan fingerprint density at radius 3 is 1.20 bits per heavy atom. The molecule has 9 nitrogen and oxygen atoms in total. The van der Waals surface area contributed by atoms with Gasteiger partial charge in [-0.15, -0.1) is 0 Å². The summed E-state index contributed by atoms with van der Waals surface area (Å²) in [7, 11) is 2.17. The van der Waals surface area contributed by atoms with E-state index in [0.29, 0.717) is 17.1 Å². The first-order valence-electron chi connectivity index (χ1n) is 27.4. The van der Waals surface area contributed by atoms with Gasteiger partial charge in [0.15, 0.2) is 21.4 Å². The summed E-state index contributed by atoms with van der Waals surface area (Å²) in [6, 6.07) is 62.6. The molecule has 0 bridgehead atoms. The average Bonchev–Trinajstić information content (AvgIpc) is 4.33. The van der Waals surface area contributed by atoms with E-state index < -0.39 is 20.6 Å². The fraction of sp³-hybridized carbons (Fsp3) is 0.282. The van der Waals surface area contributed by atoms with E-state index in [1.54, 1.807) is 63.8 Å². The molecule has 0 aromatic heterocycles. The van der Waals surface area contributed by atoms with Crippen molar-refractivity contribution in [1.82, 2.24) is 0 Å². The molecule has 9 rings (SSSR count). The van der Waals surface area contributed by atoms with E-state index in [2.05, 4.69) is 106 Å². The van der Waals surface area contributed by atoms with Crippen LogP contribution in [0.5, 0.6) is 0 Å². The molecule has 8 aromatic carbocycles. The van der Waals surface area contributed by atoms with Gasteiger partial charge in [-0.25, -0.2) is 13.2 Å². The SMILES string of the molecule is CC(=O)c1ccccc1C.CC(=O)c1ccccc1C.CCOC(=O)c1ccccc1C.CNc1ccccc1C.Cc1ccccc1C1CC1.Cc1ccccc1N(C)C.Cc1ccccc1S(C)(=O)=O.Cc1ccccc1S(C)=O. The Morgan fingerprint density at radius 2 is 0.890 bits per heavy atom. The lowest BCUT2D eigenvalue weighted by Gasteiger charge is -2.14. The zero-order valence-corrected chi connectivity index (χ0v) is 52.9. The Labute approximate surface area is 494 Å². The van der Waals surface area contributed by atoms with Crippen LogP contribution in [0, 0.1) is 55.4 Å². The van der Waals surface area contributed by atoms with E-state index in [1.165, 1.54) is 47.2 Å². The molecule has 0 aliphatic heterocycles. The number of ether oxygens (including phenoxy) is 1. The molecule has 8 aromatic rings. The Bertz CT molecular complexity index is 3210. The number of hydrogen-bond acceptors (Lipinski definition) is 9. The van der Waals surface area contributed by atoms with Crippen molar-refractivity contribution >= 4 is 49.5 Å². The highest BCUT2D eigenvalue weighted by molar-refractivity contribution is 7.90. The van der Waals surface area contributed by atoms with Crippen LogP contribution in [0.1, 0.15) is 121 Å². The van der Waals surface area contributed by atoms with Gasteiger partial charge in [0.2, 0.25) is 0 Å². The fourth-order valence-electron chi connectivity index (χ4n) is 8.16. The maximum atomic E-state index is 11.2. The number of para-hydroxylation sites is 2. The van der Waals surface area contributed by atoms with Crippen LogP contribution in [-0.2, 0) is 25.4 Å². The predicted molar refractivity (Wildman–Crippen MR) is 347 cm³/mol. The second kappa shape index (κ2) is 37.3. The Kier molecular flexibility index (Phi) is 32.0. The van der Waals surface area contributed by atoms with Crippen LogP contribution in [0.25, 0.3) is 0 Å². The molecule has 1 atom stereocenters. The number of nitrogens with zero attached hydrogens (tertiary/aromatic N) is 1. The molecule has 1 saturated carbocycles. The summed E-state index contributed by atoms with van der Waals surface area (Å²) < 4.78 is 38.0. The second-order valence-corrected chi connectivity index (χ2v) is 23.2. The summed E-state index contributed by atoms with van der Waals surface area (Å²) in [4.78, 5) is 36.4. The van der Waals surface area contributed by atoms with Gasteiger partial charge in [0.05, 0.1) is 27.9 Å². The lowest BCUT2D eigenvalue weighted by Crippen LogP contribution is -2.09. The lowest BCUT2D eigenvalue weighted by molar-refractivity contribution is 0.0525. The van der Waals surface area contributed by atoms with E-state index in [0.717, 1.165) is 49.8 Å². The van der Waals surface area contributed by atoms with Crippen LogP contribution in [0.4, 0.5) is 11.4 Å². The van der Waals surface area contributed by atoms with Crippen molar-refractivity contribution in [2.24, 2.45) is 0 Å². The molecule has 11 heteroatoms. The Hall–Kier alpha value is -7.73. The first-order valence-corrected chi connectivity index (χ1v) is 30.8. The van der Waals surface area contributed by atoms with Crippen LogP contribution in [-0.4, -0.2) is 70.4 Å². The largest absolute Gasteiger partial charge is 0.462 e. The molecule has 0 radical (unpaired) electrons. The average molecular weight is 1150 g/mol. The van der Waals surface area contributed by atoms with Crippen molar-refractivity contribution in [3.8, 4) is 0 Å². The third-order valence-electron chi connectivity index (χ3n) is 12.8. The standard InChI is InChI=1S/C10H12O2.C10H12.C9H13N.2C9H10O.C8H11N.C8H10O2S.C8H10OS/c1-3-12-10(11)9-7-5-4-6-8(9)2;1-8-4-2-3-5-10(8)9-6-7-9;1-8-6-4-5-7-9(8)10(2)3;2*1-7-5-3-4-6-9(7)8(2)10;1-7-5-3-4-6-8(7)9-2;1-7-5-3-4-6-8(7)11(2,9)10;1-7-5-3-4-6-8(7)10(2)9/h4-7H,3H2,1-2H3;2-5,9H,6-7H2,1H3;4-7H,1-3H3;2*3-6H,1-2H3;3-6,9H,1-2H3;3-6H,1-2H3;3-6H,1-2H3. The number of nitrogens with one attached hydrogen (secondary N) is 1. The minimum atomic E-state index is -3.03. The van der Waals surface area contributed by atoms with Gasteiger partial charge >= 0.3 is 5.97 Å². The molecule has 0 spiro atoms. The van der Waals surface area contributed by atoms with E-state index in [9.17, 15) is 27.0 Å². The predicted octanol–water partition coefficient (Wildman–Crippen LogP) is 16.7. The summed E-state index contributed by atoms with van der Waals surface area (Å²) in [5, 5.41) is 3.10. The van der Waals surface area contributed by atoms with Crippen LogP contribution in [0.3, 0.4) is 0 Å². The quantitative estimate of drug-likeness (QED) is 0.111. The molecule has 0 amide bonds. The number of ketones is 2. The van der Waals surface area contributed by atoms with Crippen molar-refractivity contribution in [2.75, 3.05) is 50.5 Å². The number of esters is 1. The van der Waals surface area contributed by atoms with Crippen LogP contribution in [0.2, 0.25) is 0 Å². The number of sulfone groups is 1. The molecule has 0 heterocycles. The van der Waals surface area contributed by atoms with Gasteiger partial charge in [0.1, 0.15) is 0 Å². The van der Waals surface area contributed by atoms with Crippen LogP contribution >= 0.6 is 0 Å². The van der Waals surface area contributed by atoms with E-state index >= 15 is 0 Å². The van der Waals surface area contributed by atoms with Gasteiger partial charge in [-0.05, 0) is 175 Å². The number of anilines is 2. The topological polar surface area (TPSA) is 127 Å². The van der Waals surface area contributed by atoms with Gasteiger partial charge in [-0.3, -0.25) is 13.8 Å². The minimum absolute atomic E-state index is 0.137. The molecule has 436 valence electrons. The maximum Gasteiger partial charge on any atom is 0.338 e. The fourth-order valence-corrected chi connectivity index (χ4v) is 9.93. The number of aryl methyl sites for hydroxylation is 8. The highest BCUT2D eigenvalue weighted by Gasteiger charge is 2.24. The first-order chi connectivity index (χ1) is 38.8. The minimum Gasteiger partial charge on any atom is -0.462 e. The summed E-state index contributed by atoms with van der Waals surface area (Å²) >= 11 is 0. The third kappa shape index (κ3) is 26.2. The summed E-state index contributed by atoms with van der Waals surface area (Å²) in [5.74, 6) is 0.938. The van der Waals surface area contributed by atoms with Gasteiger partial charge in [-0.1, -0.05) is 164 Å². The molecule has 1 unspecified atom stereocenters. The molecule has 1 aliphatic rings. The molecule has 1 N–H and O–H groups in total. The zero-order valence-electron chi connectivity index (χ0n) is 51.3. The number of carbonyl (C=O) groups excluding carboxylic acids is 3. The summed E-state index contributed by atoms with van der Waals surface area (Å²) in [6.45, 7) is 21.3. The first kappa shape index (κ1) is 70.4. The maximum absolute atomic E-state index is 11.2. The second-order valence-electron chi connectivity index (χ2n) is 19.9. The highest BCUT2D eigenvalue weighted by atomic mass is 32.2. The summed E-state index contributed by atoms with van der Waals surface area (Å²) in [5.41, 5.74) is 15.4. The number of benzene rings is 8. The Morgan fingerprint density at radius 1 is 0.512 bits per heavy atom. The highest BCUT2D eigenvalue weighted by Crippen LogP contribution is 2.41. The smallest absolute Gasteiger partial charge is 0.338 e. The number of rotatable bonds is 9. The molecular formula is C71H88N2O7S2. The van der Waals surface area contributed by atoms with Gasteiger partial charge in [-0.2, -0.15) is 0 Å². The van der Waals surface area contributed by atoms with Gasteiger partial charge in [0, 0.05) is 61.1 Å². The van der Waals surface area contributed by atoms with Crippen molar-refractivity contribution in [1.29, 1.82) is 0 Å². The number of Topliss-reactive ketones (excluding diaryl/α,β-unsaturated/α-hetero) is 2. The normalized spacial score (nSPS) is 11.1. The number of hydrogen-bond donors (Lipinski definition) is 1. The molecule has 82 heavy (non-hydrogen) atoms. The molecular weight excluding hydrogens is 1060 g/mol. The van der Waals surface area contributed by atoms with E-state index in [-0.39, 0.29) is 17.5 Å². The van der Waals surface area contributed by atoms with E-state index in [1.807, 2.05) is 144 Å². The molecule has 1 fully saturated rings. The van der Waals surface area contributed by atoms with Crippen LogP contribution in [0.15, 0.2) is 204 Å². The number of carbonyl (C=O) groups is 3. The molecule has 0 saturated heterocycles. The lowest BCUT2D eigenvalue weighted by atomic mass is 10.1. The van der Waals surface area contributed by atoms with Gasteiger partial charge in [0.25, 0.3) is 0 Å². The Balaban J connectivity index is 0.000000320. The van der Waals surface area contributed by atoms with Crippen molar-refractivity contribution in [2.45, 2.75) is 105 Å². The van der Waals surface area contributed by atoms with E-state index in [4.69, 9.17) is 4.74 Å².